The molecule has 0 fully saturated rings. The lowest BCUT2D eigenvalue weighted by atomic mass is 10.0. The molecule has 1 amide bonds. The third kappa shape index (κ3) is 22.5. The second-order valence-corrected chi connectivity index (χ2v) is 6.19. The quantitative estimate of drug-likeness (QED) is 0.517. The Bertz CT molecular complexity index is 203. The van der Waals surface area contributed by atoms with E-state index in [1.54, 1.807) is 0 Å². The first-order chi connectivity index (χ1) is 9.41. The molecule has 0 unspecified atom stereocenters. The van der Waals surface area contributed by atoms with Crippen LogP contribution in [0.25, 0.3) is 0 Å². The van der Waals surface area contributed by atoms with Gasteiger partial charge in [0.15, 0.2) is 0 Å². The van der Waals surface area contributed by atoms with Crippen molar-refractivity contribution in [3.05, 3.63) is 0 Å². The third-order valence-corrected chi connectivity index (χ3v) is 3.27. The fourth-order valence-electron chi connectivity index (χ4n) is 1.86. The zero-order valence-corrected chi connectivity index (χ0v) is 14.5. The van der Waals surface area contributed by atoms with E-state index >= 15 is 0 Å². The molecule has 0 aliphatic carbocycles. The smallest absolute Gasteiger partial charge is 0.406 e. The first kappa shape index (κ1) is 21.6. The fourth-order valence-corrected chi connectivity index (χ4v) is 1.86. The molecule has 0 heterocycles. The number of hydrogen-bond acceptors (Lipinski definition) is 1. The molecule has 3 nitrogen and oxygen atoms in total. The highest BCUT2D eigenvalue weighted by Crippen LogP contribution is 2.12. The van der Waals surface area contributed by atoms with Crippen LogP contribution in [0.3, 0.4) is 0 Å². The summed E-state index contributed by atoms with van der Waals surface area (Å²) in [5.41, 5.74) is 0. The van der Waals surface area contributed by atoms with Gasteiger partial charge in [0, 0.05) is 14.1 Å². The fraction of sp³-hybridized carbons (Fsp3) is 0.941. The van der Waals surface area contributed by atoms with Gasteiger partial charge in [-0.25, -0.2) is 4.79 Å². The Morgan fingerprint density at radius 1 is 0.900 bits per heavy atom. The summed E-state index contributed by atoms with van der Waals surface area (Å²) in [5.74, 6) is 0.902. The van der Waals surface area contributed by atoms with Crippen molar-refractivity contribution in [3.63, 3.8) is 0 Å². The number of carboxylic acid groups (broad SMARTS) is 1. The van der Waals surface area contributed by atoms with Crippen LogP contribution in [0.4, 0.5) is 4.79 Å². The zero-order chi connectivity index (χ0) is 15.8. The van der Waals surface area contributed by atoms with E-state index < -0.39 is 6.09 Å². The zero-order valence-electron chi connectivity index (χ0n) is 14.5. The van der Waals surface area contributed by atoms with Crippen molar-refractivity contribution in [2.24, 2.45) is 5.92 Å². The molecule has 0 aliphatic rings. The van der Waals surface area contributed by atoms with Crippen molar-refractivity contribution in [3.8, 4) is 0 Å². The Balaban J connectivity index is 0. The standard InChI is InChI=1S/C14H30.C3H7NO2/c1-4-5-6-7-8-9-10-11-12-13-14(2)3;1-4(2)3(5)6/h14H,4-13H2,1-3H3;1-2H3,(H,5,6). The van der Waals surface area contributed by atoms with Gasteiger partial charge in [-0.3, -0.25) is 0 Å². The lowest BCUT2D eigenvalue weighted by molar-refractivity contribution is 0.165. The first-order valence-electron chi connectivity index (χ1n) is 8.32. The summed E-state index contributed by atoms with van der Waals surface area (Å²) in [6.45, 7) is 6.93. The van der Waals surface area contributed by atoms with Crippen molar-refractivity contribution < 1.29 is 9.90 Å². The Morgan fingerprint density at radius 3 is 1.55 bits per heavy atom. The molecule has 0 aromatic carbocycles. The van der Waals surface area contributed by atoms with Crippen molar-refractivity contribution >= 4 is 6.09 Å². The van der Waals surface area contributed by atoms with Gasteiger partial charge in [-0.05, 0) is 5.92 Å². The van der Waals surface area contributed by atoms with E-state index in [1.165, 1.54) is 78.3 Å². The molecule has 1 N–H and O–H groups in total. The van der Waals surface area contributed by atoms with E-state index in [0.717, 1.165) is 10.8 Å². The summed E-state index contributed by atoms with van der Waals surface area (Å²) in [6.07, 6.45) is 13.6. The molecular formula is C17H37NO2. The van der Waals surface area contributed by atoms with Gasteiger partial charge in [-0.15, -0.1) is 0 Å². The monoisotopic (exact) mass is 287 g/mol. The van der Waals surface area contributed by atoms with E-state index in [4.69, 9.17) is 5.11 Å². The second-order valence-electron chi connectivity index (χ2n) is 6.19. The molecule has 0 radical (unpaired) electrons. The van der Waals surface area contributed by atoms with Crippen LogP contribution in [-0.2, 0) is 0 Å². The average Bonchev–Trinajstić information content (AvgIpc) is 2.37. The van der Waals surface area contributed by atoms with E-state index in [2.05, 4.69) is 20.8 Å². The number of rotatable bonds is 10. The SMILES string of the molecule is CCCCCCCCCCCC(C)C.CN(C)C(=O)O. The van der Waals surface area contributed by atoms with Crippen LogP contribution < -0.4 is 0 Å². The van der Waals surface area contributed by atoms with Crippen LogP contribution >= 0.6 is 0 Å². The number of hydrogen-bond donors (Lipinski definition) is 1. The van der Waals surface area contributed by atoms with Gasteiger partial charge in [0.1, 0.15) is 0 Å². The lowest BCUT2D eigenvalue weighted by Gasteiger charge is -2.04. The van der Waals surface area contributed by atoms with Gasteiger partial charge in [0.2, 0.25) is 0 Å². The maximum Gasteiger partial charge on any atom is 0.406 e. The Morgan fingerprint density at radius 2 is 1.25 bits per heavy atom. The molecule has 0 bridgehead atoms. The van der Waals surface area contributed by atoms with Gasteiger partial charge in [0.05, 0.1) is 0 Å². The van der Waals surface area contributed by atoms with Gasteiger partial charge in [-0.2, -0.15) is 0 Å². The van der Waals surface area contributed by atoms with Crippen molar-refractivity contribution in [1.29, 1.82) is 0 Å². The number of amides is 1. The molecule has 0 saturated carbocycles. The first-order valence-corrected chi connectivity index (χ1v) is 8.32. The average molecular weight is 287 g/mol. The van der Waals surface area contributed by atoms with Crippen LogP contribution in [-0.4, -0.2) is 30.2 Å². The van der Waals surface area contributed by atoms with Crippen LogP contribution in [0.5, 0.6) is 0 Å². The molecule has 0 aromatic rings. The molecule has 0 aromatic heterocycles. The molecule has 0 rings (SSSR count). The number of nitrogens with zero attached hydrogens (tertiary/aromatic N) is 1. The van der Waals surface area contributed by atoms with Gasteiger partial charge >= 0.3 is 6.09 Å². The maximum atomic E-state index is 9.62. The van der Waals surface area contributed by atoms with E-state index in [1.807, 2.05) is 0 Å². The minimum atomic E-state index is -0.907. The highest BCUT2D eigenvalue weighted by atomic mass is 16.4. The van der Waals surface area contributed by atoms with Crippen molar-refractivity contribution in [2.75, 3.05) is 14.1 Å². The minimum Gasteiger partial charge on any atom is -0.465 e. The highest BCUT2D eigenvalue weighted by molar-refractivity contribution is 5.63. The van der Waals surface area contributed by atoms with E-state index in [9.17, 15) is 4.79 Å². The van der Waals surface area contributed by atoms with E-state index in [0.29, 0.717) is 0 Å². The highest BCUT2D eigenvalue weighted by Gasteiger charge is 1.94. The summed E-state index contributed by atoms with van der Waals surface area (Å²) >= 11 is 0. The predicted octanol–water partition coefficient (Wildman–Crippen LogP) is 5.79. The third-order valence-electron chi connectivity index (χ3n) is 3.27. The normalized spacial score (nSPS) is 10.1. The molecule has 0 saturated heterocycles. The second kappa shape index (κ2) is 16.3. The molecule has 0 spiro atoms. The largest absolute Gasteiger partial charge is 0.465 e. The Labute approximate surface area is 126 Å². The van der Waals surface area contributed by atoms with Crippen LogP contribution in [0.15, 0.2) is 0 Å². The summed E-state index contributed by atoms with van der Waals surface area (Å²) in [4.78, 5) is 10.7. The molecular weight excluding hydrogens is 250 g/mol. The Hall–Kier alpha value is -0.730. The predicted molar refractivity (Wildman–Crippen MR) is 88.4 cm³/mol. The minimum absolute atomic E-state index is 0.902. The van der Waals surface area contributed by atoms with Gasteiger partial charge in [-0.1, -0.05) is 85.0 Å². The number of unbranched alkanes of at least 4 members (excludes halogenated alkanes) is 8. The van der Waals surface area contributed by atoms with Crippen LogP contribution in [0.1, 0.15) is 85.0 Å². The van der Waals surface area contributed by atoms with Crippen molar-refractivity contribution in [1.82, 2.24) is 4.90 Å². The molecule has 0 atom stereocenters. The lowest BCUT2D eigenvalue weighted by Crippen LogP contribution is -2.18. The summed E-state index contributed by atoms with van der Waals surface area (Å²) < 4.78 is 0. The van der Waals surface area contributed by atoms with Gasteiger partial charge < -0.3 is 10.0 Å². The van der Waals surface area contributed by atoms with Crippen LogP contribution in [0.2, 0.25) is 0 Å². The van der Waals surface area contributed by atoms with Crippen LogP contribution in [0, 0.1) is 5.92 Å². The summed E-state index contributed by atoms with van der Waals surface area (Å²) in [5, 5.41) is 7.92. The summed E-state index contributed by atoms with van der Waals surface area (Å²) in [7, 11) is 2.95. The van der Waals surface area contributed by atoms with Crippen molar-refractivity contribution in [2.45, 2.75) is 85.0 Å². The summed E-state index contributed by atoms with van der Waals surface area (Å²) in [6, 6.07) is 0. The maximum absolute atomic E-state index is 9.62. The molecule has 20 heavy (non-hydrogen) atoms. The number of carbonyl (C=O) groups is 1. The Kier molecular flexibility index (Phi) is 17.6. The molecule has 122 valence electrons. The van der Waals surface area contributed by atoms with Gasteiger partial charge in [0.25, 0.3) is 0 Å². The molecule has 0 aliphatic heterocycles. The molecule has 3 heteroatoms. The topological polar surface area (TPSA) is 40.5 Å². The van der Waals surface area contributed by atoms with E-state index in [-0.39, 0.29) is 0 Å².